The summed E-state index contributed by atoms with van der Waals surface area (Å²) in [5.41, 5.74) is 0.180. The quantitative estimate of drug-likeness (QED) is 0.790. The smallest absolute Gasteiger partial charge is 0.0499 e. The molecule has 1 heterocycles. The minimum atomic E-state index is 0.180. The van der Waals surface area contributed by atoms with E-state index in [4.69, 9.17) is 5.11 Å². The second kappa shape index (κ2) is 6.88. The van der Waals surface area contributed by atoms with Crippen LogP contribution in [-0.4, -0.2) is 48.0 Å². The minimum absolute atomic E-state index is 0.180. The summed E-state index contributed by atoms with van der Waals surface area (Å²) in [5.74, 6) is 0.670. The largest absolute Gasteiger partial charge is 0.396 e. The maximum atomic E-state index is 9.77. The summed E-state index contributed by atoms with van der Waals surface area (Å²) < 4.78 is 0. The van der Waals surface area contributed by atoms with Crippen molar-refractivity contribution in [2.24, 2.45) is 11.3 Å². The zero-order chi connectivity index (χ0) is 12.8. The van der Waals surface area contributed by atoms with Crippen LogP contribution in [0.15, 0.2) is 0 Å². The Bertz CT molecular complexity index is 237. The van der Waals surface area contributed by atoms with Crippen LogP contribution in [0.4, 0.5) is 0 Å². The number of piperidine rings is 1. The van der Waals surface area contributed by atoms with Crippen molar-refractivity contribution in [1.82, 2.24) is 4.90 Å². The number of aliphatic hydroxyl groups excluding tert-OH is 2. The molecule has 1 atom stereocenters. The number of hydrogen-bond acceptors (Lipinski definition) is 3. The zero-order valence-electron chi connectivity index (χ0n) is 11.6. The van der Waals surface area contributed by atoms with E-state index in [-0.39, 0.29) is 5.41 Å². The highest BCUT2D eigenvalue weighted by Crippen LogP contribution is 2.37. The monoisotopic (exact) mass is 255 g/mol. The fraction of sp³-hybridized carbons (Fsp3) is 1.00. The molecule has 0 aromatic rings. The molecule has 3 heteroatoms. The first kappa shape index (κ1) is 14.3. The molecule has 0 aromatic carbocycles. The molecule has 2 N–H and O–H groups in total. The van der Waals surface area contributed by atoms with Gasteiger partial charge >= 0.3 is 0 Å². The van der Waals surface area contributed by atoms with Gasteiger partial charge in [0.25, 0.3) is 0 Å². The Labute approximate surface area is 111 Å². The predicted molar refractivity (Wildman–Crippen MR) is 73.5 cm³/mol. The first-order valence-corrected chi connectivity index (χ1v) is 7.72. The third kappa shape index (κ3) is 3.69. The average Bonchev–Trinajstić information content (AvgIpc) is 2.41. The van der Waals surface area contributed by atoms with Gasteiger partial charge in [-0.25, -0.2) is 0 Å². The molecule has 0 aromatic heterocycles. The molecule has 2 fully saturated rings. The first-order chi connectivity index (χ1) is 8.78. The van der Waals surface area contributed by atoms with Crippen molar-refractivity contribution < 1.29 is 10.2 Å². The lowest BCUT2D eigenvalue weighted by molar-refractivity contribution is 0.0233. The molecule has 106 valence electrons. The number of nitrogens with zero attached hydrogens (tertiary/aromatic N) is 1. The molecule has 2 aliphatic rings. The van der Waals surface area contributed by atoms with Gasteiger partial charge in [-0.05, 0) is 44.6 Å². The van der Waals surface area contributed by atoms with E-state index in [1.54, 1.807) is 0 Å². The molecule has 1 saturated carbocycles. The maximum absolute atomic E-state index is 9.77. The van der Waals surface area contributed by atoms with Gasteiger partial charge < -0.3 is 15.1 Å². The van der Waals surface area contributed by atoms with Gasteiger partial charge in [-0.2, -0.15) is 0 Å². The van der Waals surface area contributed by atoms with Crippen LogP contribution >= 0.6 is 0 Å². The Morgan fingerprint density at radius 2 is 1.83 bits per heavy atom. The molecule has 0 spiro atoms. The van der Waals surface area contributed by atoms with E-state index in [1.807, 2.05) is 0 Å². The van der Waals surface area contributed by atoms with Crippen molar-refractivity contribution in [2.75, 3.05) is 32.8 Å². The second-order valence-electron chi connectivity index (χ2n) is 6.47. The molecule has 0 bridgehead atoms. The van der Waals surface area contributed by atoms with Crippen molar-refractivity contribution in [1.29, 1.82) is 0 Å². The van der Waals surface area contributed by atoms with Crippen LogP contribution in [0, 0.1) is 11.3 Å². The van der Waals surface area contributed by atoms with Crippen LogP contribution in [0.1, 0.15) is 51.4 Å². The fourth-order valence-electron chi connectivity index (χ4n) is 3.86. The SMILES string of the molecule is OCCC1CCCN(CC2(CO)CCCCC2)C1. The lowest BCUT2D eigenvalue weighted by atomic mass is 9.74. The van der Waals surface area contributed by atoms with Gasteiger partial charge in [0, 0.05) is 31.7 Å². The molecule has 1 aliphatic carbocycles. The number of rotatable bonds is 5. The van der Waals surface area contributed by atoms with E-state index >= 15 is 0 Å². The Morgan fingerprint density at radius 3 is 2.50 bits per heavy atom. The Balaban J connectivity index is 1.86. The van der Waals surface area contributed by atoms with Crippen molar-refractivity contribution in [3.05, 3.63) is 0 Å². The highest BCUT2D eigenvalue weighted by atomic mass is 16.3. The van der Waals surface area contributed by atoms with Crippen LogP contribution < -0.4 is 0 Å². The summed E-state index contributed by atoms with van der Waals surface area (Å²) in [7, 11) is 0. The normalized spacial score (nSPS) is 29.3. The highest BCUT2D eigenvalue weighted by molar-refractivity contribution is 4.87. The van der Waals surface area contributed by atoms with Gasteiger partial charge in [-0.1, -0.05) is 19.3 Å². The first-order valence-electron chi connectivity index (χ1n) is 7.72. The standard InChI is InChI=1S/C15H29NO2/c17-10-6-14-5-4-9-16(11-14)12-15(13-18)7-2-1-3-8-15/h14,17-18H,1-13H2. The van der Waals surface area contributed by atoms with Crippen molar-refractivity contribution in [3.8, 4) is 0 Å². The van der Waals surface area contributed by atoms with Gasteiger partial charge in [0.05, 0.1) is 0 Å². The third-order valence-corrected chi connectivity index (χ3v) is 4.95. The van der Waals surface area contributed by atoms with E-state index in [1.165, 1.54) is 51.5 Å². The third-order valence-electron chi connectivity index (χ3n) is 4.95. The summed E-state index contributed by atoms with van der Waals surface area (Å²) in [6, 6.07) is 0. The molecule has 1 unspecified atom stereocenters. The Kier molecular flexibility index (Phi) is 5.46. The van der Waals surface area contributed by atoms with E-state index in [0.29, 0.717) is 19.1 Å². The maximum Gasteiger partial charge on any atom is 0.0499 e. The van der Waals surface area contributed by atoms with Crippen LogP contribution in [0.2, 0.25) is 0 Å². The summed E-state index contributed by atoms with van der Waals surface area (Å²) in [4.78, 5) is 2.55. The number of likely N-dealkylation sites (tertiary alicyclic amines) is 1. The predicted octanol–water partition coefficient (Wildman–Crippen LogP) is 2.02. The molecular weight excluding hydrogens is 226 g/mol. The lowest BCUT2D eigenvalue weighted by Gasteiger charge is -2.42. The Hall–Kier alpha value is -0.120. The van der Waals surface area contributed by atoms with Crippen LogP contribution in [0.5, 0.6) is 0 Å². The summed E-state index contributed by atoms with van der Waals surface area (Å²) in [6.07, 6.45) is 9.78. The van der Waals surface area contributed by atoms with Gasteiger partial charge in [0.2, 0.25) is 0 Å². The van der Waals surface area contributed by atoms with Gasteiger partial charge in [-0.3, -0.25) is 0 Å². The fourth-order valence-corrected chi connectivity index (χ4v) is 3.86. The molecule has 0 amide bonds. The van der Waals surface area contributed by atoms with Crippen molar-refractivity contribution >= 4 is 0 Å². The van der Waals surface area contributed by atoms with Crippen LogP contribution in [0.3, 0.4) is 0 Å². The van der Waals surface area contributed by atoms with E-state index in [0.717, 1.165) is 19.5 Å². The molecule has 1 saturated heterocycles. The van der Waals surface area contributed by atoms with Crippen molar-refractivity contribution in [2.45, 2.75) is 51.4 Å². The molecular formula is C15H29NO2. The molecule has 0 radical (unpaired) electrons. The van der Waals surface area contributed by atoms with Gasteiger partial charge in [0.1, 0.15) is 0 Å². The molecule has 1 aliphatic heterocycles. The van der Waals surface area contributed by atoms with E-state index < -0.39 is 0 Å². The molecule has 18 heavy (non-hydrogen) atoms. The number of aliphatic hydroxyl groups is 2. The molecule has 2 rings (SSSR count). The van der Waals surface area contributed by atoms with Crippen LogP contribution in [0.25, 0.3) is 0 Å². The van der Waals surface area contributed by atoms with Gasteiger partial charge in [0.15, 0.2) is 0 Å². The lowest BCUT2D eigenvalue weighted by Crippen LogP contribution is -2.45. The second-order valence-corrected chi connectivity index (χ2v) is 6.47. The summed E-state index contributed by atoms with van der Waals surface area (Å²) >= 11 is 0. The Morgan fingerprint density at radius 1 is 1.06 bits per heavy atom. The van der Waals surface area contributed by atoms with E-state index in [9.17, 15) is 5.11 Å². The van der Waals surface area contributed by atoms with Crippen molar-refractivity contribution in [3.63, 3.8) is 0 Å². The number of hydrogen-bond donors (Lipinski definition) is 2. The minimum Gasteiger partial charge on any atom is -0.396 e. The summed E-state index contributed by atoms with van der Waals surface area (Å²) in [6.45, 7) is 4.06. The van der Waals surface area contributed by atoms with Crippen LogP contribution in [-0.2, 0) is 0 Å². The average molecular weight is 255 g/mol. The zero-order valence-corrected chi connectivity index (χ0v) is 11.6. The highest BCUT2D eigenvalue weighted by Gasteiger charge is 2.34. The molecule has 3 nitrogen and oxygen atoms in total. The topological polar surface area (TPSA) is 43.7 Å². The van der Waals surface area contributed by atoms with Gasteiger partial charge in [-0.15, -0.1) is 0 Å². The van der Waals surface area contributed by atoms with E-state index in [2.05, 4.69) is 4.90 Å². The summed E-state index contributed by atoms with van der Waals surface area (Å²) in [5, 5.41) is 18.8.